The topological polar surface area (TPSA) is 140 Å². The summed E-state index contributed by atoms with van der Waals surface area (Å²) in [5.74, 6) is 0.922. The molecule has 0 saturated carbocycles. The van der Waals surface area contributed by atoms with Crippen LogP contribution in [-0.2, 0) is 16.1 Å². The number of amides is 2. The molecule has 11 heteroatoms. The van der Waals surface area contributed by atoms with Crippen molar-refractivity contribution in [2.24, 2.45) is 5.10 Å². The lowest BCUT2D eigenvalue weighted by Crippen LogP contribution is -2.45. The Balaban J connectivity index is 1.14. The van der Waals surface area contributed by atoms with Crippen molar-refractivity contribution >= 4 is 29.0 Å². The largest absolute Gasteiger partial charge is 0.490 e. The molecule has 1 aliphatic rings. The van der Waals surface area contributed by atoms with Gasteiger partial charge in [-0.3, -0.25) is 5.43 Å². The number of hydrogen-bond donors (Lipinski definition) is 4. The minimum atomic E-state index is -1.12. The average molecular weight is 625 g/mol. The highest BCUT2D eigenvalue weighted by Gasteiger charge is 2.32. The molecule has 4 aromatic rings. The van der Waals surface area contributed by atoms with Gasteiger partial charge in [-0.1, -0.05) is 42.5 Å². The smallest absolute Gasteiger partial charge is 0.337 e. The van der Waals surface area contributed by atoms with E-state index in [0.717, 1.165) is 16.9 Å². The Morgan fingerprint density at radius 3 is 2.52 bits per heavy atom. The van der Waals surface area contributed by atoms with Crippen LogP contribution in [0.3, 0.4) is 0 Å². The third kappa shape index (κ3) is 7.93. The molecule has 4 aromatic carbocycles. The van der Waals surface area contributed by atoms with E-state index in [0.29, 0.717) is 36.0 Å². The number of methoxy groups -OCH3 is 1. The average Bonchev–Trinajstić information content (AvgIpc) is 3.06. The van der Waals surface area contributed by atoms with Crippen molar-refractivity contribution in [3.63, 3.8) is 0 Å². The van der Waals surface area contributed by atoms with Gasteiger partial charge in [0.15, 0.2) is 17.7 Å². The maximum atomic E-state index is 12.4. The van der Waals surface area contributed by atoms with Crippen molar-refractivity contribution in [2.75, 3.05) is 20.3 Å². The molecule has 238 valence electrons. The number of urea groups is 1. The summed E-state index contributed by atoms with van der Waals surface area (Å²) < 4.78 is 22.4. The number of fused-ring (bicyclic) bond motifs is 1. The molecule has 0 saturated heterocycles. The third-order valence-corrected chi connectivity index (χ3v) is 7.21. The van der Waals surface area contributed by atoms with Crippen molar-refractivity contribution in [3.05, 3.63) is 113 Å². The first-order chi connectivity index (χ1) is 22.3. The Morgan fingerprint density at radius 1 is 0.978 bits per heavy atom. The number of benzene rings is 4. The van der Waals surface area contributed by atoms with E-state index in [4.69, 9.17) is 18.9 Å². The van der Waals surface area contributed by atoms with E-state index < -0.39 is 24.3 Å². The molecule has 0 unspecified atom stereocenters. The van der Waals surface area contributed by atoms with Gasteiger partial charge in [-0.25, -0.2) is 9.59 Å². The van der Waals surface area contributed by atoms with Gasteiger partial charge >= 0.3 is 12.0 Å². The quantitative estimate of drug-likeness (QED) is 0.0710. The second kappa shape index (κ2) is 15.0. The fourth-order valence-electron chi connectivity index (χ4n) is 4.97. The minimum Gasteiger partial charge on any atom is -0.490 e. The molecule has 1 aliphatic heterocycles. The summed E-state index contributed by atoms with van der Waals surface area (Å²) >= 11 is 0. The molecule has 0 bridgehead atoms. The second-order valence-corrected chi connectivity index (χ2v) is 10.5. The zero-order valence-electron chi connectivity index (χ0n) is 25.8. The van der Waals surface area contributed by atoms with Crippen LogP contribution in [0.2, 0.25) is 0 Å². The number of nitrogens with zero attached hydrogens (tertiary/aromatic N) is 1. The van der Waals surface area contributed by atoms with Gasteiger partial charge in [0.1, 0.15) is 19.0 Å². The lowest BCUT2D eigenvalue weighted by atomic mass is 9.95. The Bertz CT molecular complexity index is 1750. The zero-order chi connectivity index (χ0) is 32.5. The highest BCUT2D eigenvalue weighted by Crippen LogP contribution is 2.35. The summed E-state index contributed by atoms with van der Waals surface area (Å²) in [6, 6.07) is 25.8. The number of hydrogen-bond acceptors (Lipinski definition) is 9. The van der Waals surface area contributed by atoms with Crippen molar-refractivity contribution in [3.8, 4) is 17.2 Å². The van der Waals surface area contributed by atoms with Gasteiger partial charge in [0, 0.05) is 5.70 Å². The first-order valence-corrected chi connectivity index (χ1v) is 14.8. The van der Waals surface area contributed by atoms with Gasteiger partial charge in [0.05, 0.1) is 31.5 Å². The number of aliphatic hydroxyl groups excluding tert-OH is 1. The van der Waals surface area contributed by atoms with Crippen LogP contribution >= 0.6 is 0 Å². The van der Waals surface area contributed by atoms with Crippen molar-refractivity contribution in [1.29, 1.82) is 0 Å². The van der Waals surface area contributed by atoms with E-state index in [1.54, 1.807) is 31.3 Å². The number of allylic oxidation sites excluding steroid dienone is 1. The van der Waals surface area contributed by atoms with E-state index >= 15 is 0 Å². The van der Waals surface area contributed by atoms with Crippen molar-refractivity contribution in [1.82, 2.24) is 16.1 Å². The second-order valence-electron chi connectivity index (χ2n) is 10.5. The Hall–Kier alpha value is -5.55. The molecule has 2 atom stereocenters. The molecule has 0 aliphatic carbocycles. The molecule has 11 nitrogen and oxygen atoms in total. The van der Waals surface area contributed by atoms with Crippen LogP contribution < -0.4 is 30.3 Å². The number of aliphatic hydroxyl groups is 1. The fraction of sp³-hybridized carbons (Fsp3) is 0.229. The number of hydrazone groups is 1. The summed E-state index contributed by atoms with van der Waals surface area (Å²) in [5.41, 5.74) is 5.81. The third-order valence-electron chi connectivity index (χ3n) is 7.21. The SMILES string of the molecule is CCOc1cc([C@H]2NC(=O)NC(C)=C2C(=O)OC)ccc1OC[C@@H](O)N/N=C\c1ccc(OCc2ccc3ccccc3c2)cc1. The van der Waals surface area contributed by atoms with Crippen LogP contribution in [0.4, 0.5) is 4.79 Å². The lowest BCUT2D eigenvalue weighted by molar-refractivity contribution is -0.136. The molecule has 46 heavy (non-hydrogen) atoms. The van der Waals surface area contributed by atoms with E-state index in [1.807, 2.05) is 43.3 Å². The van der Waals surface area contributed by atoms with E-state index in [9.17, 15) is 14.7 Å². The summed E-state index contributed by atoms with van der Waals surface area (Å²) in [6.07, 6.45) is 0.466. The number of esters is 1. The number of rotatable bonds is 13. The number of nitrogens with one attached hydrogen (secondary N) is 3. The van der Waals surface area contributed by atoms with Gasteiger partial charge < -0.3 is 34.7 Å². The molecule has 0 fully saturated rings. The first kappa shape index (κ1) is 31.9. The molecule has 0 radical (unpaired) electrons. The predicted molar refractivity (Wildman–Crippen MR) is 174 cm³/mol. The summed E-state index contributed by atoms with van der Waals surface area (Å²) in [7, 11) is 1.28. The maximum Gasteiger partial charge on any atom is 0.337 e. The molecule has 0 spiro atoms. The van der Waals surface area contributed by atoms with Crippen molar-refractivity contribution in [2.45, 2.75) is 32.7 Å². The molecule has 1 heterocycles. The standard InChI is InChI=1S/C35H36N4O7/c1-4-44-30-18-27(33-32(34(41)43-3)22(2)37-35(42)38-33)13-16-29(30)46-21-31(40)39-36-19-23-10-14-28(15-11-23)45-20-24-9-12-25-7-5-6-8-26(25)17-24/h5-19,31,33,39-40H,4,20-21H2,1-3H3,(H2,37,38,42)/b36-19-/t31-,33-/m1/s1. The van der Waals surface area contributed by atoms with E-state index in [2.05, 4.69) is 51.5 Å². The predicted octanol–water partition coefficient (Wildman–Crippen LogP) is 4.94. The van der Waals surface area contributed by atoms with Crippen LogP contribution in [0.1, 0.15) is 36.6 Å². The molecule has 5 rings (SSSR count). The Morgan fingerprint density at radius 2 is 1.76 bits per heavy atom. The van der Waals surface area contributed by atoms with Gasteiger partial charge in [-0.15, -0.1) is 0 Å². The normalized spacial score (nSPS) is 15.2. The molecule has 4 N–H and O–H groups in total. The Labute approximate surface area is 266 Å². The van der Waals surface area contributed by atoms with E-state index in [1.165, 1.54) is 17.9 Å². The Kier molecular flexibility index (Phi) is 10.4. The van der Waals surface area contributed by atoms with Crippen LogP contribution in [0.5, 0.6) is 17.2 Å². The van der Waals surface area contributed by atoms with Gasteiger partial charge in [0.2, 0.25) is 0 Å². The monoisotopic (exact) mass is 624 g/mol. The van der Waals surface area contributed by atoms with Gasteiger partial charge in [-0.2, -0.15) is 5.10 Å². The van der Waals surface area contributed by atoms with E-state index in [-0.39, 0.29) is 12.2 Å². The molecular formula is C35H36N4O7. The fourth-order valence-corrected chi connectivity index (χ4v) is 4.97. The summed E-state index contributed by atoms with van der Waals surface area (Å²) in [4.78, 5) is 24.6. The van der Waals surface area contributed by atoms with Gasteiger partial charge in [0.25, 0.3) is 0 Å². The maximum absolute atomic E-state index is 12.4. The number of ether oxygens (including phenoxy) is 4. The van der Waals surface area contributed by atoms with Crippen LogP contribution in [0, 0.1) is 0 Å². The number of carbonyl (C=O) groups excluding carboxylic acids is 2. The highest BCUT2D eigenvalue weighted by atomic mass is 16.5. The minimum absolute atomic E-state index is 0.130. The zero-order valence-corrected chi connectivity index (χ0v) is 25.8. The summed E-state index contributed by atoms with van der Waals surface area (Å²) in [5, 5.41) is 22.2. The molecular weight excluding hydrogens is 588 g/mol. The molecule has 0 aromatic heterocycles. The summed E-state index contributed by atoms with van der Waals surface area (Å²) in [6.45, 7) is 4.12. The molecule has 2 amide bonds. The van der Waals surface area contributed by atoms with Crippen LogP contribution in [-0.4, -0.2) is 49.9 Å². The highest BCUT2D eigenvalue weighted by molar-refractivity contribution is 5.95. The van der Waals surface area contributed by atoms with Crippen molar-refractivity contribution < 1.29 is 33.6 Å². The van der Waals surface area contributed by atoms with Crippen LogP contribution in [0.25, 0.3) is 10.8 Å². The van der Waals surface area contributed by atoms with Gasteiger partial charge in [-0.05, 0) is 83.8 Å². The van der Waals surface area contributed by atoms with Crippen LogP contribution in [0.15, 0.2) is 101 Å². The lowest BCUT2D eigenvalue weighted by Gasteiger charge is -2.28. The first-order valence-electron chi connectivity index (χ1n) is 14.8. The number of carbonyl (C=O) groups is 2.